The van der Waals surface area contributed by atoms with Gasteiger partial charge in [-0.2, -0.15) is 0 Å². The molecule has 90 valence electrons. The van der Waals surface area contributed by atoms with E-state index >= 15 is 0 Å². The van der Waals surface area contributed by atoms with E-state index in [2.05, 4.69) is 0 Å². The van der Waals surface area contributed by atoms with E-state index in [-0.39, 0.29) is 24.6 Å². The second-order valence-electron chi connectivity index (χ2n) is 3.20. The van der Waals surface area contributed by atoms with Crippen LogP contribution in [0, 0.1) is 0 Å². The Morgan fingerprint density at radius 1 is 1.12 bits per heavy atom. The van der Waals surface area contributed by atoms with Crippen molar-refractivity contribution in [1.82, 2.24) is 0 Å². The summed E-state index contributed by atoms with van der Waals surface area (Å²) < 4.78 is 9.86. The van der Waals surface area contributed by atoms with E-state index in [1.165, 1.54) is 12.2 Å². The van der Waals surface area contributed by atoms with Gasteiger partial charge in [-0.15, -0.1) is 0 Å². The first kappa shape index (κ1) is 14.4. The molecule has 0 aliphatic heterocycles. The molecule has 0 spiro atoms. The highest BCUT2D eigenvalue weighted by molar-refractivity contribution is 5.82. The van der Waals surface area contributed by atoms with Crippen molar-refractivity contribution in [2.75, 3.05) is 6.61 Å². The number of carbonyl (C=O) groups excluding carboxylic acids is 2. The summed E-state index contributed by atoms with van der Waals surface area (Å²) in [5.74, 6) is -0.760. The lowest BCUT2D eigenvalue weighted by Crippen LogP contribution is -2.16. The molecular weight excluding hydrogens is 208 g/mol. The van der Waals surface area contributed by atoms with Gasteiger partial charge in [0, 0.05) is 18.6 Å². The third kappa shape index (κ3) is 7.79. The Kier molecular flexibility index (Phi) is 7.85. The van der Waals surface area contributed by atoms with Crippen LogP contribution in [0.4, 0.5) is 0 Å². The van der Waals surface area contributed by atoms with Crippen LogP contribution in [0.5, 0.6) is 0 Å². The molecule has 0 saturated heterocycles. The monoisotopic (exact) mass is 226 g/mol. The van der Waals surface area contributed by atoms with Crippen molar-refractivity contribution in [2.24, 2.45) is 0 Å². The lowest BCUT2D eigenvalue weighted by atomic mass is 10.3. The van der Waals surface area contributed by atoms with Gasteiger partial charge < -0.3 is 9.47 Å². The Morgan fingerprint density at radius 3 is 2.25 bits per heavy atom. The van der Waals surface area contributed by atoms with Crippen LogP contribution >= 0.6 is 0 Å². The smallest absolute Gasteiger partial charge is 0.330 e. The van der Waals surface area contributed by atoms with Crippen LogP contribution in [0.25, 0.3) is 0 Å². The molecule has 0 amide bonds. The number of hydrogen-bond donors (Lipinski definition) is 0. The van der Waals surface area contributed by atoms with Gasteiger partial charge in [0.1, 0.15) is 6.10 Å². The number of allylic oxidation sites excluding steroid dienone is 2. The van der Waals surface area contributed by atoms with Crippen molar-refractivity contribution >= 4 is 11.9 Å². The van der Waals surface area contributed by atoms with E-state index in [4.69, 9.17) is 9.47 Å². The Morgan fingerprint density at radius 2 is 1.69 bits per heavy atom. The molecule has 16 heavy (non-hydrogen) atoms. The minimum absolute atomic E-state index is 0.244. The second kappa shape index (κ2) is 8.71. The standard InChI is InChI=1S/C12H18O4/c1-4-6-11(13)15-9-8-10(3)16-12(14)7-5-2/h4-7,10H,8-9H2,1-3H3. The molecule has 0 N–H and O–H groups in total. The largest absolute Gasteiger partial charge is 0.462 e. The average Bonchev–Trinajstić information content (AvgIpc) is 2.18. The van der Waals surface area contributed by atoms with Crippen LogP contribution in [-0.2, 0) is 19.1 Å². The van der Waals surface area contributed by atoms with Crippen LogP contribution in [0.2, 0.25) is 0 Å². The molecule has 4 heteroatoms. The number of esters is 2. The molecular formula is C12H18O4. The third-order valence-electron chi connectivity index (χ3n) is 1.69. The molecule has 0 rings (SSSR count). The summed E-state index contributed by atoms with van der Waals surface area (Å²) in [6.45, 7) is 5.48. The van der Waals surface area contributed by atoms with Crippen molar-refractivity contribution in [3.8, 4) is 0 Å². The van der Waals surface area contributed by atoms with Gasteiger partial charge in [0.2, 0.25) is 0 Å². The van der Waals surface area contributed by atoms with Gasteiger partial charge in [-0.3, -0.25) is 0 Å². The van der Waals surface area contributed by atoms with Gasteiger partial charge >= 0.3 is 11.9 Å². The summed E-state index contributed by atoms with van der Waals surface area (Å²) in [4.78, 5) is 21.9. The maximum Gasteiger partial charge on any atom is 0.330 e. The zero-order valence-electron chi connectivity index (χ0n) is 9.93. The van der Waals surface area contributed by atoms with Crippen LogP contribution < -0.4 is 0 Å². The summed E-state index contributed by atoms with van der Waals surface area (Å²) in [6.07, 6.45) is 6.15. The molecule has 0 aliphatic carbocycles. The van der Waals surface area contributed by atoms with E-state index in [0.29, 0.717) is 6.42 Å². The number of carbonyl (C=O) groups is 2. The van der Waals surface area contributed by atoms with E-state index in [9.17, 15) is 9.59 Å². The number of rotatable bonds is 6. The third-order valence-corrected chi connectivity index (χ3v) is 1.69. The average molecular weight is 226 g/mol. The van der Waals surface area contributed by atoms with Gasteiger partial charge in [0.15, 0.2) is 0 Å². The second-order valence-corrected chi connectivity index (χ2v) is 3.20. The highest BCUT2D eigenvalue weighted by Gasteiger charge is 2.07. The van der Waals surface area contributed by atoms with Crippen molar-refractivity contribution in [3.63, 3.8) is 0 Å². The molecule has 0 aliphatic rings. The fourth-order valence-corrected chi connectivity index (χ4v) is 0.942. The minimum atomic E-state index is -0.380. The Balaban J connectivity index is 3.69. The van der Waals surface area contributed by atoms with E-state index < -0.39 is 0 Å². The van der Waals surface area contributed by atoms with Gasteiger partial charge in [0.05, 0.1) is 6.61 Å². The molecule has 1 unspecified atom stereocenters. The summed E-state index contributed by atoms with van der Waals surface area (Å²) in [7, 11) is 0. The quantitative estimate of drug-likeness (QED) is 0.513. The zero-order chi connectivity index (χ0) is 12.4. The van der Waals surface area contributed by atoms with Crippen molar-refractivity contribution in [2.45, 2.75) is 33.3 Å². The molecule has 0 aromatic rings. The lowest BCUT2D eigenvalue weighted by molar-refractivity contribution is -0.144. The predicted octanol–water partition coefficient (Wildman–Crippen LogP) is 2.00. The summed E-state index contributed by atoms with van der Waals surface area (Å²) in [5, 5.41) is 0. The number of hydrogen-bond acceptors (Lipinski definition) is 4. The molecule has 0 aromatic heterocycles. The first-order valence-electron chi connectivity index (χ1n) is 5.23. The Bertz CT molecular complexity index is 279. The summed E-state index contributed by atoms with van der Waals surface area (Å²) >= 11 is 0. The summed E-state index contributed by atoms with van der Waals surface area (Å²) in [6, 6.07) is 0. The van der Waals surface area contributed by atoms with Gasteiger partial charge in [0.25, 0.3) is 0 Å². The molecule has 0 heterocycles. The molecule has 0 aromatic carbocycles. The topological polar surface area (TPSA) is 52.6 Å². The van der Waals surface area contributed by atoms with Crippen LogP contribution in [0.3, 0.4) is 0 Å². The summed E-state index contributed by atoms with van der Waals surface area (Å²) in [5.41, 5.74) is 0. The fraction of sp³-hybridized carbons (Fsp3) is 0.500. The normalized spacial score (nSPS) is 12.9. The molecule has 0 saturated carbocycles. The molecule has 4 nitrogen and oxygen atoms in total. The molecule has 0 radical (unpaired) electrons. The molecule has 0 bridgehead atoms. The SMILES string of the molecule is CC=CC(=O)OCCC(C)OC(=O)C=CC. The van der Waals surface area contributed by atoms with Crippen molar-refractivity contribution in [3.05, 3.63) is 24.3 Å². The maximum absolute atomic E-state index is 11.0. The first-order valence-corrected chi connectivity index (χ1v) is 5.23. The number of ether oxygens (including phenoxy) is 2. The van der Waals surface area contributed by atoms with Gasteiger partial charge in [-0.05, 0) is 20.8 Å². The van der Waals surface area contributed by atoms with Crippen molar-refractivity contribution in [1.29, 1.82) is 0 Å². The lowest BCUT2D eigenvalue weighted by Gasteiger charge is -2.11. The highest BCUT2D eigenvalue weighted by atomic mass is 16.6. The Hall–Kier alpha value is -1.58. The first-order chi connectivity index (χ1) is 7.60. The van der Waals surface area contributed by atoms with Crippen LogP contribution in [0.15, 0.2) is 24.3 Å². The minimum Gasteiger partial charge on any atom is -0.462 e. The molecule has 0 fully saturated rings. The van der Waals surface area contributed by atoms with Crippen LogP contribution in [-0.4, -0.2) is 24.6 Å². The van der Waals surface area contributed by atoms with Crippen LogP contribution in [0.1, 0.15) is 27.2 Å². The zero-order valence-corrected chi connectivity index (χ0v) is 9.93. The predicted molar refractivity (Wildman–Crippen MR) is 60.8 cm³/mol. The van der Waals surface area contributed by atoms with Gasteiger partial charge in [-0.1, -0.05) is 12.2 Å². The van der Waals surface area contributed by atoms with E-state index in [1.54, 1.807) is 32.9 Å². The Labute approximate surface area is 95.9 Å². The van der Waals surface area contributed by atoms with Gasteiger partial charge in [-0.25, -0.2) is 9.59 Å². The van der Waals surface area contributed by atoms with Crippen molar-refractivity contribution < 1.29 is 19.1 Å². The highest BCUT2D eigenvalue weighted by Crippen LogP contribution is 1.99. The maximum atomic E-state index is 11.0. The van der Waals surface area contributed by atoms with E-state index in [1.807, 2.05) is 0 Å². The fourth-order valence-electron chi connectivity index (χ4n) is 0.942. The van der Waals surface area contributed by atoms with E-state index in [0.717, 1.165) is 0 Å². The molecule has 1 atom stereocenters.